The van der Waals surface area contributed by atoms with Crippen molar-refractivity contribution in [3.05, 3.63) is 34.6 Å². The number of hydrogen-bond donors (Lipinski definition) is 0. The summed E-state index contributed by atoms with van der Waals surface area (Å²) in [5, 5.41) is 8.96. The lowest BCUT2D eigenvalue weighted by Crippen LogP contribution is -2.47. The third kappa shape index (κ3) is 3.88. The number of benzene rings is 1. The summed E-state index contributed by atoms with van der Waals surface area (Å²) >= 11 is 0. The number of aromatic nitrogens is 3. The van der Waals surface area contributed by atoms with E-state index in [9.17, 15) is 9.59 Å². The molecule has 2 saturated heterocycles. The highest BCUT2D eigenvalue weighted by atomic mass is 16.2. The van der Waals surface area contributed by atoms with E-state index in [-0.39, 0.29) is 17.5 Å². The summed E-state index contributed by atoms with van der Waals surface area (Å²) in [4.78, 5) is 29.5. The number of likely N-dealkylation sites (tertiary alicyclic amines) is 2. The van der Waals surface area contributed by atoms with Gasteiger partial charge in [-0.2, -0.15) is 0 Å². The molecule has 144 valence electrons. The van der Waals surface area contributed by atoms with Crippen molar-refractivity contribution in [3.63, 3.8) is 0 Å². The summed E-state index contributed by atoms with van der Waals surface area (Å²) < 4.78 is 1.54. The van der Waals surface area contributed by atoms with Gasteiger partial charge in [-0.05, 0) is 43.7 Å². The van der Waals surface area contributed by atoms with E-state index in [0.717, 1.165) is 45.4 Å². The Morgan fingerprint density at radius 1 is 1.15 bits per heavy atom. The molecule has 0 N–H and O–H groups in total. The summed E-state index contributed by atoms with van der Waals surface area (Å²) in [5.74, 6) is 0.842. The Morgan fingerprint density at radius 3 is 2.70 bits per heavy atom. The van der Waals surface area contributed by atoms with E-state index in [2.05, 4.69) is 22.1 Å². The van der Waals surface area contributed by atoms with Gasteiger partial charge < -0.3 is 4.90 Å². The Morgan fingerprint density at radius 2 is 1.93 bits per heavy atom. The van der Waals surface area contributed by atoms with Gasteiger partial charge in [-0.25, -0.2) is 4.68 Å². The van der Waals surface area contributed by atoms with Crippen LogP contribution in [0.5, 0.6) is 0 Å². The molecule has 1 amide bonds. The van der Waals surface area contributed by atoms with Gasteiger partial charge in [0, 0.05) is 26.2 Å². The highest BCUT2D eigenvalue weighted by Gasteiger charge is 2.27. The van der Waals surface area contributed by atoms with Crippen molar-refractivity contribution in [2.75, 3.05) is 32.7 Å². The maximum absolute atomic E-state index is 12.7. The second kappa shape index (κ2) is 7.76. The van der Waals surface area contributed by atoms with Crippen LogP contribution < -0.4 is 5.56 Å². The van der Waals surface area contributed by atoms with Crippen molar-refractivity contribution in [1.82, 2.24) is 24.8 Å². The van der Waals surface area contributed by atoms with Crippen LogP contribution in [-0.2, 0) is 4.79 Å². The van der Waals surface area contributed by atoms with E-state index < -0.39 is 0 Å². The van der Waals surface area contributed by atoms with Crippen LogP contribution >= 0.6 is 0 Å². The van der Waals surface area contributed by atoms with Crippen LogP contribution in [0.1, 0.15) is 38.6 Å². The third-order valence-corrected chi connectivity index (χ3v) is 5.86. The molecule has 4 rings (SSSR count). The van der Waals surface area contributed by atoms with E-state index in [1.54, 1.807) is 6.07 Å². The Labute approximate surface area is 158 Å². The molecule has 0 radical (unpaired) electrons. The average Bonchev–Trinajstić information content (AvgIpc) is 2.69. The number of rotatable bonds is 3. The van der Waals surface area contributed by atoms with E-state index in [1.165, 1.54) is 11.1 Å². The number of hydrogen-bond acceptors (Lipinski definition) is 5. The molecular weight excluding hydrogens is 342 g/mol. The second-order valence-electron chi connectivity index (χ2n) is 7.95. The van der Waals surface area contributed by atoms with Crippen LogP contribution in [0.15, 0.2) is 29.1 Å². The monoisotopic (exact) mass is 369 g/mol. The van der Waals surface area contributed by atoms with E-state index in [4.69, 9.17) is 0 Å². The summed E-state index contributed by atoms with van der Waals surface area (Å²) in [6.45, 7) is 6.09. The van der Waals surface area contributed by atoms with E-state index in [1.807, 2.05) is 23.1 Å². The summed E-state index contributed by atoms with van der Waals surface area (Å²) in [7, 11) is 0. The van der Waals surface area contributed by atoms with Gasteiger partial charge in [0.2, 0.25) is 5.91 Å². The lowest BCUT2D eigenvalue weighted by Gasteiger charge is -2.35. The molecule has 7 nitrogen and oxygen atoms in total. The second-order valence-corrected chi connectivity index (χ2v) is 7.95. The first-order valence-corrected chi connectivity index (χ1v) is 9.96. The Hall–Kier alpha value is -2.28. The van der Waals surface area contributed by atoms with Crippen molar-refractivity contribution < 1.29 is 4.79 Å². The topological polar surface area (TPSA) is 71.3 Å². The minimum Gasteiger partial charge on any atom is -0.341 e. The average molecular weight is 369 g/mol. The van der Waals surface area contributed by atoms with Crippen LogP contribution in [0, 0.1) is 5.92 Å². The molecule has 27 heavy (non-hydrogen) atoms. The van der Waals surface area contributed by atoms with Crippen molar-refractivity contribution in [2.45, 2.75) is 38.6 Å². The summed E-state index contributed by atoms with van der Waals surface area (Å²) in [6.07, 6.45) is 3.96. The Bertz CT molecular complexity index is 872. The molecule has 2 aliphatic rings. The number of carbonyl (C=O) groups is 1. The lowest BCUT2D eigenvalue weighted by atomic mass is 10.00. The SMILES string of the molecule is CC1CCCN(C(=O)CN2CCC(n3nnc4ccccc4c3=O)CC2)C1. The summed E-state index contributed by atoms with van der Waals surface area (Å²) in [5.41, 5.74) is 0.565. The van der Waals surface area contributed by atoms with Crippen molar-refractivity contribution in [1.29, 1.82) is 0 Å². The zero-order chi connectivity index (χ0) is 18.8. The quantitative estimate of drug-likeness (QED) is 0.823. The number of piperidine rings is 2. The third-order valence-electron chi connectivity index (χ3n) is 5.86. The van der Waals surface area contributed by atoms with Gasteiger partial charge in [0.1, 0.15) is 5.52 Å². The molecule has 0 bridgehead atoms. The van der Waals surface area contributed by atoms with Crippen LogP contribution in [0.25, 0.3) is 10.9 Å². The molecule has 0 aliphatic carbocycles. The number of carbonyl (C=O) groups excluding carboxylic acids is 1. The fourth-order valence-electron chi connectivity index (χ4n) is 4.27. The molecule has 7 heteroatoms. The number of amides is 1. The standard InChI is InChI=1S/C20H27N5O2/c1-15-5-4-10-24(13-15)19(26)14-23-11-8-16(9-12-23)25-20(27)17-6-2-3-7-18(17)21-22-25/h2-3,6-7,15-16H,4-5,8-14H2,1H3. The molecule has 0 saturated carbocycles. The molecule has 1 unspecified atom stereocenters. The maximum Gasteiger partial charge on any atom is 0.277 e. The molecular formula is C20H27N5O2. The van der Waals surface area contributed by atoms with Crippen molar-refractivity contribution in [2.24, 2.45) is 5.92 Å². The molecule has 2 aromatic rings. The van der Waals surface area contributed by atoms with E-state index in [0.29, 0.717) is 23.4 Å². The molecule has 2 fully saturated rings. The molecule has 0 spiro atoms. The minimum absolute atomic E-state index is 0.0518. The van der Waals surface area contributed by atoms with Crippen LogP contribution in [-0.4, -0.2) is 63.4 Å². The van der Waals surface area contributed by atoms with Crippen molar-refractivity contribution in [3.8, 4) is 0 Å². The molecule has 3 heterocycles. The largest absolute Gasteiger partial charge is 0.341 e. The highest BCUT2D eigenvalue weighted by molar-refractivity contribution is 5.78. The van der Waals surface area contributed by atoms with E-state index >= 15 is 0 Å². The molecule has 1 aromatic carbocycles. The number of fused-ring (bicyclic) bond motifs is 1. The first-order chi connectivity index (χ1) is 13.1. The lowest BCUT2D eigenvalue weighted by molar-refractivity contribution is -0.134. The normalized spacial score (nSPS) is 22.3. The van der Waals surface area contributed by atoms with Crippen LogP contribution in [0.3, 0.4) is 0 Å². The fraction of sp³-hybridized carbons (Fsp3) is 0.600. The Kier molecular flexibility index (Phi) is 5.20. The van der Waals surface area contributed by atoms with Crippen LogP contribution in [0.4, 0.5) is 0 Å². The number of nitrogens with zero attached hydrogens (tertiary/aromatic N) is 5. The van der Waals surface area contributed by atoms with Crippen molar-refractivity contribution >= 4 is 16.8 Å². The van der Waals surface area contributed by atoms with Crippen LogP contribution in [0.2, 0.25) is 0 Å². The predicted octanol–water partition coefficient (Wildman–Crippen LogP) is 1.69. The summed E-state index contributed by atoms with van der Waals surface area (Å²) in [6, 6.07) is 7.38. The first-order valence-electron chi connectivity index (χ1n) is 9.96. The molecule has 1 aromatic heterocycles. The van der Waals surface area contributed by atoms with Gasteiger partial charge >= 0.3 is 0 Å². The smallest absolute Gasteiger partial charge is 0.277 e. The zero-order valence-electron chi connectivity index (χ0n) is 15.9. The van der Waals surface area contributed by atoms with Gasteiger partial charge in [-0.3, -0.25) is 14.5 Å². The predicted molar refractivity (Wildman–Crippen MR) is 103 cm³/mol. The molecule has 2 aliphatic heterocycles. The molecule has 1 atom stereocenters. The maximum atomic E-state index is 12.7. The fourth-order valence-corrected chi connectivity index (χ4v) is 4.27. The first kappa shape index (κ1) is 18.1. The van der Waals surface area contributed by atoms with Gasteiger partial charge in [0.15, 0.2) is 0 Å². The van der Waals surface area contributed by atoms with Gasteiger partial charge in [0.05, 0.1) is 18.0 Å². The van der Waals surface area contributed by atoms with Gasteiger partial charge in [-0.15, -0.1) is 5.10 Å². The highest BCUT2D eigenvalue weighted by Crippen LogP contribution is 2.21. The van der Waals surface area contributed by atoms with Gasteiger partial charge in [0.25, 0.3) is 5.56 Å². The van der Waals surface area contributed by atoms with Gasteiger partial charge in [-0.1, -0.05) is 24.3 Å². The zero-order valence-corrected chi connectivity index (χ0v) is 15.9. The Balaban J connectivity index is 1.37. The minimum atomic E-state index is -0.0718.